The SMILES string of the molecule is O=C(CSc1nc2ccc(NC(=O)CSCC(=O)Nc3ccc4ccccc4c3)cc2s1)NCC1CCCO1. The molecule has 0 bridgehead atoms. The molecule has 202 valence electrons. The second-order valence-electron chi connectivity index (χ2n) is 9.04. The van der Waals surface area contributed by atoms with Crippen LogP contribution in [0, 0.1) is 0 Å². The number of fused-ring (bicyclic) bond motifs is 2. The fourth-order valence-electron chi connectivity index (χ4n) is 4.15. The summed E-state index contributed by atoms with van der Waals surface area (Å²) in [5, 5.41) is 10.9. The van der Waals surface area contributed by atoms with Crippen molar-refractivity contribution in [3.63, 3.8) is 0 Å². The predicted molar refractivity (Wildman–Crippen MR) is 161 cm³/mol. The van der Waals surface area contributed by atoms with Crippen molar-refractivity contribution in [3.05, 3.63) is 60.7 Å². The van der Waals surface area contributed by atoms with E-state index in [-0.39, 0.29) is 35.3 Å². The van der Waals surface area contributed by atoms with Crippen LogP contribution in [-0.2, 0) is 19.1 Å². The van der Waals surface area contributed by atoms with E-state index in [1.54, 1.807) is 6.07 Å². The zero-order valence-electron chi connectivity index (χ0n) is 21.1. The van der Waals surface area contributed by atoms with E-state index in [1.165, 1.54) is 34.9 Å². The van der Waals surface area contributed by atoms with Crippen LogP contribution in [0.25, 0.3) is 21.0 Å². The van der Waals surface area contributed by atoms with Crippen LogP contribution in [0.3, 0.4) is 0 Å². The van der Waals surface area contributed by atoms with Gasteiger partial charge in [-0.15, -0.1) is 23.1 Å². The Morgan fingerprint density at radius 2 is 1.64 bits per heavy atom. The first-order valence-corrected chi connectivity index (χ1v) is 15.6. The Balaban J connectivity index is 1.04. The van der Waals surface area contributed by atoms with Crippen molar-refractivity contribution < 1.29 is 19.1 Å². The minimum atomic E-state index is -0.181. The standard InChI is InChI=1S/C28H28N4O4S3/c33-25(29-14-22-6-3-11-36-22)17-38-28-32-23-10-9-21(13-24(23)39-28)31-27(35)16-37-15-26(34)30-20-8-7-18-4-1-2-5-19(18)12-20/h1-2,4-5,7-10,12-13,22H,3,6,11,14-17H2,(H,29,33)(H,30,34)(H,31,35). The summed E-state index contributed by atoms with van der Waals surface area (Å²) in [5.41, 5.74) is 2.22. The average Bonchev–Trinajstić information content (AvgIpc) is 3.60. The number of carbonyl (C=O) groups excluding carboxylic acids is 3. The van der Waals surface area contributed by atoms with E-state index in [0.29, 0.717) is 18.0 Å². The third-order valence-electron chi connectivity index (χ3n) is 6.03. The Hall–Kier alpha value is -3.12. The minimum absolute atomic E-state index is 0.0360. The number of benzene rings is 3. The molecule has 1 aromatic heterocycles. The molecule has 3 N–H and O–H groups in total. The van der Waals surface area contributed by atoms with Crippen LogP contribution < -0.4 is 16.0 Å². The number of thiazole rings is 1. The van der Waals surface area contributed by atoms with Gasteiger partial charge in [-0.05, 0) is 53.9 Å². The molecule has 1 aliphatic heterocycles. The normalized spacial score (nSPS) is 14.9. The lowest BCUT2D eigenvalue weighted by molar-refractivity contribution is -0.119. The van der Waals surface area contributed by atoms with Gasteiger partial charge in [-0.2, -0.15) is 0 Å². The number of nitrogens with one attached hydrogen (secondary N) is 3. The highest BCUT2D eigenvalue weighted by Crippen LogP contribution is 2.31. The van der Waals surface area contributed by atoms with Crippen LogP contribution in [0.4, 0.5) is 11.4 Å². The third kappa shape index (κ3) is 7.95. The zero-order chi connectivity index (χ0) is 27.0. The summed E-state index contributed by atoms with van der Waals surface area (Å²) in [4.78, 5) is 41.5. The maximum Gasteiger partial charge on any atom is 0.234 e. The molecule has 0 spiro atoms. The van der Waals surface area contributed by atoms with E-state index in [4.69, 9.17) is 4.74 Å². The van der Waals surface area contributed by atoms with E-state index in [9.17, 15) is 14.4 Å². The van der Waals surface area contributed by atoms with Gasteiger partial charge in [0.2, 0.25) is 17.7 Å². The Morgan fingerprint density at radius 1 is 0.897 bits per heavy atom. The topological polar surface area (TPSA) is 109 Å². The molecule has 5 rings (SSSR count). The van der Waals surface area contributed by atoms with Crippen molar-refractivity contribution in [2.24, 2.45) is 0 Å². The Kier molecular flexibility index (Phi) is 9.36. The van der Waals surface area contributed by atoms with Crippen LogP contribution >= 0.6 is 34.9 Å². The summed E-state index contributed by atoms with van der Waals surface area (Å²) >= 11 is 4.14. The lowest BCUT2D eigenvalue weighted by Gasteiger charge is -2.09. The van der Waals surface area contributed by atoms with Gasteiger partial charge < -0.3 is 20.7 Å². The van der Waals surface area contributed by atoms with Crippen molar-refractivity contribution in [3.8, 4) is 0 Å². The molecule has 0 aliphatic carbocycles. The van der Waals surface area contributed by atoms with Crippen LogP contribution in [0.1, 0.15) is 12.8 Å². The molecular weight excluding hydrogens is 553 g/mol. The van der Waals surface area contributed by atoms with Crippen LogP contribution in [0.5, 0.6) is 0 Å². The van der Waals surface area contributed by atoms with E-state index in [1.807, 2.05) is 54.6 Å². The molecule has 39 heavy (non-hydrogen) atoms. The quantitative estimate of drug-likeness (QED) is 0.211. The molecule has 3 aromatic carbocycles. The third-order valence-corrected chi connectivity index (χ3v) is 9.12. The molecule has 0 saturated carbocycles. The van der Waals surface area contributed by atoms with Gasteiger partial charge in [-0.1, -0.05) is 42.1 Å². The lowest BCUT2D eigenvalue weighted by Crippen LogP contribution is -2.32. The van der Waals surface area contributed by atoms with E-state index < -0.39 is 0 Å². The van der Waals surface area contributed by atoms with Gasteiger partial charge in [0.1, 0.15) is 0 Å². The highest BCUT2D eigenvalue weighted by atomic mass is 32.2. The summed E-state index contributed by atoms with van der Waals surface area (Å²) in [6.07, 6.45) is 2.16. The van der Waals surface area contributed by atoms with Gasteiger partial charge in [0.25, 0.3) is 0 Å². The smallest absolute Gasteiger partial charge is 0.234 e. The number of ether oxygens (including phenoxy) is 1. The van der Waals surface area contributed by atoms with Crippen LogP contribution in [-0.4, -0.2) is 59.2 Å². The Labute approximate surface area is 238 Å². The molecule has 1 unspecified atom stereocenters. The number of thioether (sulfide) groups is 2. The molecule has 1 atom stereocenters. The zero-order valence-corrected chi connectivity index (χ0v) is 23.6. The molecular formula is C28H28N4O4S3. The maximum atomic E-state index is 12.4. The van der Waals surface area contributed by atoms with E-state index in [2.05, 4.69) is 20.9 Å². The number of aromatic nitrogens is 1. The molecule has 3 amide bonds. The summed E-state index contributed by atoms with van der Waals surface area (Å²) in [7, 11) is 0. The lowest BCUT2D eigenvalue weighted by atomic mass is 10.1. The molecule has 2 heterocycles. The molecule has 0 radical (unpaired) electrons. The highest BCUT2D eigenvalue weighted by Gasteiger charge is 2.16. The minimum Gasteiger partial charge on any atom is -0.376 e. The molecule has 8 nitrogen and oxygen atoms in total. The largest absolute Gasteiger partial charge is 0.376 e. The monoisotopic (exact) mass is 580 g/mol. The first kappa shape index (κ1) is 27.4. The van der Waals surface area contributed by atoms with Crippen LogP contribution in [0.15, 0.2) is 65.0 Å². The fraction of sp³-hybridized carbons (Fsp3) is 0.286. The molecule has 4 aromatic rings. The Morgan fingerprint density at radius 3 is 2.41 bits per heavy atom. The summed E-state index contributed by atoms with van der Waals surface area (Å²) in [6, 6.07) is 19.3. The van der Waals surface area contributed by atoms with Crippen molar-refractivity contribution >= 4 is 84.9 Å². The summed E-state index contributed by atoms with van der Waals surface area (Å²) in [6.45, 7) is 1.32. The highest BCUT2D eigenvalue weighted by molar-refractivity contribution is 8.01. The van der Waals surface area contributed by atoms with Crippen molar-refractivity contribution in [2.75, 3.05) is 41.0 Å². The van der Waals surface area contributed by atoms with Gasteiger partial charge >= 0.3 is 0 Å². The van der Waals surface area contributed by atoms with Crippen LogP contribution in [0.2, 0.25) is 0 Å². The van der Waals surface area contributed by atoms with Gasteiger partial charge in [-0.3, -0.25) is 14.4 Å². The number of rotatable bonds is 11. The number of amides is 3. The molecule has 1 saturated heterocycles. The van der Waals surface area contributed by atoms with Crippen molar-refractivity contribution in [2.45, 2.75) is 23.3 Å². The number of hydrogen-bond donors (Lipinski definition) is 3. The maximum absolute atomic E-state index is 12.4. The fourth-order valence-corrected chi connectivity index (χ4v) is 6.71. The molecule has 11 heteroatoms. The number of carbonyl (C=O) groups is 3. The second kappa shape index (κ2) is 13.3. The van der Waals surface area contributed by atoms with Gasteiger partial charge in [0.05, 0.1) is 33.6 Å². The summed E-state index contributed by atoms with van der Waals surface area (Å²) < 4.78 is 7.26. The molecule has 1 aliphatic rings. The number of anilines is 2. The Bertz CT molecular complexity index is 1490. The average molecular weight is 581 g/mol. The van der Waals surface area contributed by atoms with Crippen molar-refractivity contribution in [1.82, 2.24) is 10.3 Å². The van der Waals surface area contributed by atoms with Gasteiger partial charge in [-0.25, -0.2) is 4.98 Å². The first-order valence-electron chi connectivity index (χ1n) is 12.6. The van der Waals surface area contributed by atoms with Gasteiger partial charge in [0.15, 0.2) is 4.34 Å². The van der Waals surface area contributed by atoms with Gasteiger partial charge in [0, 0.05) is 24.5 Å². The second-order valence-corrected chi connectivity index (χ2v) is 12.3. The van der Waals surface area contributed by atoms with Crippen molar-refractivity contribution in [1.29, 1.82) is 0 Å². The van der Waals surface area contributed by atoms with E-state index >= 15 is 0 Å². The number of nitrogens with zero attached hydrogens (tertiary/aromatic N) is 1. The predicted octanol–water partition coefficient (Wildman–Crippen LogP) is 5.15. The molecule has 1 fully saturated rings. The summed E-state index contributed by atoms with van der Waals surface area (Å²) in [5.74, 6) is 0.261. The first-order chi connectivity index (χ1) is 19.0. The number of hydrogen-bond acceptors (Lipinski definition) is 8. The van der Waals surface area contributed by atoms with E-state index in [0.717, 1.165) is 50.5 Å².